The normalized spacial score (nSPS) is 16.6. The summed E-state index contributed by atoms with van der Waals surface area (Å²) in [6.45, 7) is 0.310. The predicted molar refractivity (Wildman–Crippen MR) is 108 cm³/mol. The average molecular weight is 415 g/mol. The van der Waals surface area contributed by atoms with Crippen LogP contribution in [-0.2, 0) is 15.4 Å². The van der Waals surface area contributed by atoms with Crippen LogP contribution < -0.4 is 4.72 Å². The van der Waals surface area contributed by atoms with E-state index in [1.165, 1.54) is 23.1 Å². The molecule has 8 heteroatoms. The van der Waals surface area contributed by atoms with Gasteiger partial charge in [-0.05, 0) is 42.7 Å². The molecule has 0 bridgehead atoms. The van der Waals surface area contributed by atoms with Crippen molar-refractivity contribution in [2.24, 2.45) is 0 Å². The van der Waals surface area contributed by atoms with Crippen molar-refractivity contribution in [3.8, 4) is 5.69 Å². The number of benzene rings is 1. The molecule has 6 nitrogen and oxygen atoms in total. The first-order valence-corrected chi connectivity index (χ1v) is 11.2. The Bertz CT molecular complexity index is 1080. The van der Waals surface area contributed by atoms with Gasteiger partial charge in [0, 0.05) is 24.4 Å². The summed E-state index contributed by atoms with van der Waals surface area (Å²) in [4.78, 5) is 4.10. The van der Waals surface area contributed by atoms with E-state index >= 15 is 0 Å². The van der Waals surface area contributed by atoms with Crippen molar-refractivity contribution < 1.29 is 12.8 Å². The summed E-state index contributed by atoms with van der Waals surface area (Å²) in [6, 6.07) is 10.0. The van der Waals surface area contributed by atoms with Gasteiger partial charge in [-0.2, -0.15) is 5.10 Å². The summed E-state index contributed by atoms with van der Waals surface area (Å²) in [5, 5.41) is 4.03. The molecule has 2 aromatic heterocycles. The summed E-state index contributed by atoms with van der Waals surface area (Å²) in [5.41, 5.74) is 1.07. The van der Waals surface area contributed by atoms with Crippen LogP contribution in [0.2, 0.25) is 0 Å². The Morgan fingerprint density at radius 1 is 1.07 bits per heavy atom. The second-order valence-corrected chi connectivity index (χ2v) is 9.24. The maximum absolute atomic E-state index is 14.0. The van der Waals surface area contributed by atoms with Gasteiger partial charge in [-0.15, -0.1) is 0 Å². The van der Waals surface area contributed by atoms with Crippen LogP contribution in [0.5, 0.6) is 0 Å². The maximum atomic E-state index is 14.0. The van der Waals surface area contributed by atoms with Gasteiger partial charge in [-0.1, -0.05) is 31.4 Å². The Morgan fingerprint density at radius 3 is 2.52 bits per heavy atom. The molecule has 1 saturated carbocycles. The zero-order valence-electron chi connectivity index (χ0n) is 16.0. The van der Waals surface area contributed by atoms with Crippen LogP contribution in [0.25, 0.3) is 5.69 Å². The molecular formula is C21H23FN4O2S. The monoisotopic (exact) mass is 414 g/mol. The minimum Gasteiger partial charge on any atom is -0.265 e. The first kappa shape index (κ1) is 19.7. The Balaban J connectivity index is 1.56. The lowest BCUT2D eigenvalue weighted by Crippen LogP contribution is -2.42. The van der Waals surface area contributed by atoms with Gasteiger partial charge in [-0.25, -0.2) is 22.2 Å². The molecule has 1 aliphatic rings. The summed E-state index contributed by atoms with van der Waals surface area (Å²) in [6.07, 6.45) is 11.2. The standard InChI is InChI=1S/C21H23FN4O2S/c22-19-6-2-3-7-20(19)26-15-18(14-24-26)29(27,28)25-16-21(10-4-1-5-11-21)17-8-12-23-13-9-17/h2-3,6-9,12-15,25H,1,4-5,10-11,16H2. The van der Waals surface area contributed by atoms with Gasteiger partial charge >= 0.3 is 0 Å². The molecule has 0 saturated heterocycles. The molecule has 0 amide bonds. The quantitative estimate of drug-likeness (QED) is 0.669. The summed E-state index contributed by atoms with van der Waals surface area (Å²) in [5.74, 6) is -0.466. The van der Waals surface area contributed by atoms with Gasteiger partial charge in [-0.3, -0.25) is 4.98 Å². The molecular weight excluding hydrogens is 391 g/mol. The minimum atomic E-state index is -3.78. The summed E-state index contributed by atoms with van der Waals surface area (Å²) >= 11 is 0. The fourth-order valence-corrected chi connectivity index (χ4v) is 5.09. The third-order valence-corrected chi connectivity index (χ3v) is 7.03. The molecule has 152 valence electrons. The number of sulfonamides is 1. The van der Waals surface area contributed by atoms with Crippen molar-refractivity contribution in [2.75, 3.05) is 6.54 Å². The highest BCUT2D eigenvalue weighted by molar-refractivity contribution is 7.89. The van der Waals surface area contributed by atoms with Crippen LogP contribution in [0.4, 0.5) is 4.39 Å². The number of nitrogens with one attached hydrogen (secondary N) is 1. The van der Waals surface area contributed by atoms with Crippen molar-refractivity contribution in [1.82, 2.24) is 19.5 Å². The van der Waals surface area contributed by atoms with Crippen molar-refractivity contribution in [2.45, 2.75) is 42.4 Å². The Hall–Kier alpha value is -2.58. The molecule has 3 aromatic rings. The van der Waals surface area contributed by atoms with Gasteiger partial charge in [0.15, 0.2) is 0 Å². The molecule has 0 atom stereocenters. The number of aromatic nitrogens is 3. The molecule has 0 unspecified atom stereocenters. The Labute approximate surface area is 169 Å². The first-order valence-electron chi connectivity index (χ1n) is 9.70. The highest BCUT2D eigenvalue weighted by Gasteiger charge is 2.35. The lowest BCUT2D eigenvalue weighted by molar-refractivity contribution is 0.292. The Morgan fingerprint density at radius 2 is 1.79 bits per heavy atom. The molecule has 1 fully saturated rings. The predicted octanol–water partition coefficient (Wildman–Crippen LogP) is 3.59. The number of rotatable bonds is 6. The largest absolute Gasteiger partial charge is 0.265 e. The molecule has 1 aromatic carbocycles. The number of nitrogens with zero attached hydrogens (tertiary/aromatic N) is 3. The number of halogens is 1. The van der Waals surface area contributed by atoms with E-state index in [0.717, 1.165) is 37.7 Å². The van der Waals surface area contributed by atoms with Gasteiger partial charge < -0.3 is 0 Å². The van der Waals surface area contributed by atoms with Gasteiger partial charge in [0.25, 0.3) is 0 Å². The maximum Gasteiger partial charge on any atom is 0.243 e. The molecule has 1 aliphatic carbocycles. The number of para-hydroxylation sites is 1. The molecule has 2 heterocycles. The zero-order valence-corrected chi connectivity index (χ0v) is 16.8. The molecule has 0 aliphatic heterocycles. The van der Waals surface area contributed by atoms with Gasteiger partial charge in [0.2, 0.25) is 10.0 Å². The van der Waals surface area contributed by atoms with Crippen molar-refractivity contribution in [3.05, 3.63) is 72.6 Å². The lowest BCUT2D eigenvalue weighted by atomic mass is 9.70. The topological polar surface area (TPSA) is 76.9 Å². The second kappa shape index (κ2) is 8.04. The van der Waals surface area contributed by atoms with E-state index < -0.39 is 15.8 Å². The lowest BCUT2D eigenvalue weighted by Gasteiger charge is -2.37. The van der Waals surface area contributed by atoms with E-state index in [9.17, 15) is 12.8 Å². The van der Waals surface area contributed by atoms with Crippen molar-refractivity contribution in [1.29, 1.82) is 0 Å². The first-order chi connectivity index (χ1) is 14.0. The summed E-state index contributed by atoms with van der Waals surface area (Å²) in [7, 11) is -3.78. The smallest absolute Gasteiger partial charge is 0.243 e. The van der Waals surface area contributed by atoms with Crippen LogP contribution in [0.1, 0.15) is 37.7 Å². The SMILES string of the molecule is O=S(=O)(NCC1(c2ccncc2)CCCCC1)c1cnn(-c2ccccc2F)c1. The van der Waals surface area contributed by atoms with Gasteiger partial charge in [0.1, 0.15) is 16.4 Å². The van der Waals surface area contributed by atoms with Crippen LogP contribution >= 0.6 is 0 Å². The Kier molecular flexibility index (Phi) is 5.47. The van der Waals surface area contributed by atoms with Crippen LogP contribution in [0, 0.1) is 5.82 Å². The second-order valence-electron chi connectivity index (χ2n) is 7.47. The minimum absolute atomic E-state index is 0.0152. The fraction of sp³-hybridized carbons (Fsp3) is 0.333. The van der Waals surface area contributed by atoms with E-state index in [4.69, 9.17) is 0 Å². The number of hydrogen-bond donors (Lipinski definition) is 1. The van der Waals surface area contributed by atoms with E-state index in [1.54, 1.807) is 30.6 Å². The average Bonchev–Trinajstić information content (AvgIpc) is 3.25. The molecule has 4 rings (SSSR count). The van der Waals surface area contributed by atoms with E-state index in [1.807, 2.05) is 12.1 Å². The van der Waals surface area contributed by atoms with E-state index in [2.05, 4.69) is 14.8 Å². The fourth-order valence-electron chi connectivity index (χ4n) is 4.03. The molecule has 0 spiro atoms. The third kappa shape index (κ3) is 4.09. The number of pyridine rings is 1. The van der Waals surface area contributed by atoms with Crippen molar-refractivity contribution in [3.63, 3.8) is 0 Å². The van der Waals surface area contributed by atoms with E-state index in [-0.39, 0.29) is 16.0 Å². The number of hydrogen-bond acceptors (Lipinski definition) is 4. The third-order valence-electron chi connectivity index (χ3n) is 5.67. The summed E-state index contributed by atoms with van der Waals surface area (Å²) < 4.78 is 43.8. The van der Waals surface area contributed by atoms with Gasteiger partial charge in [0.05, 0.1) is 12.4 Å². The zero-order chi connectivity index (χ0) is 20.3. The van der Waals surface area contributed by atoms with Crippen LogP contribution in [0.15, 0.2) is 66.1 Å². The van der Waals surface area contributed by atoms with E-state index in [0.29, 0.717) is 6.54 Å². The highest BCUT2D eigenvalue weighted by atomic mass is 32.2. The molecule has 0 radical (unpaired) electrons. The highest BCUT2D eigenvalue weighted by Crippen LogP contribution is 2.39. The van der Waals surface area contributed by atoms with Crippen LogP contribution in [0.3, 0.4) is 0 Å². The molecule has 29 heavy (non-hydrogen) atoms. The molecule has 1 N–H and O–H groups in total. The van der Waals surface area contributed by atoms with Crippen molar-refractivity contribution >= 4 is 10.0 Å². The van der Waals surface area contributed by atoms with Crippen LogP contribution in [-0.4, -0.2) is 29.7 Å².